The number of hydrogen-bond donors (Lipinski definition) is 1. The van der Waals surface area contributed by atoms with Crippen molar-refractivity contribution in [3.63, 3.8) is 0 Å². The highest BCUT2D eigenvalue weighted by Crippen LogP contribution is 2.38. The Morgan fingerprint density at radius 2 is 1.75 bits per heavy atom. The number of rotatable bonds is 3. The third-order valence-corrected chi connectivity index (χ3v) is 4.50. The van der Waals surface area contributed by atoms with Crippen LogP contribution in [-0.2, 0) is 6.18 Å². The number of aromatic nitrogens is 1. The van der Waals surface area contributed by atoms with Crippen LogP contribution in [0.4, 0.5) is 13.2 Å². The Morgan fingerprint density at radius 3 is 2.38 bits per heavy atom. The van der Waals surface area contributed by atoms with Gasteiger partial charge in [-0.25, -0.2) is 0 Å². The van der Waals surface area contributed by atoms with Crippen molar-refractivity contribution in [1.29, 1.82) is 0 Å². The molecule has 3 rings (SSSR count). The van der Waals surface area contributed by atoms with Gasteiger partial charge in [0, 0.05) is 43.6 Å². The van der Waals surface area contributed by atoms with Crippen LogP contribution in [0.2, 0.25) is 5.02 Å². The van der Waals surface area contributed by atoms with Gasteiger partial charge in [0.1, 0.15) is 0 Å². The molecule has 2 aromatic rings. The summed E-state index contributed by atoms with van der Waals surface area (Å²) in [4.78, 5) is 6.15. The number of nitrogens with zero attached hydrogens (tertiary/aromatic N) is 2. The van der Waals surface area contributed by atoms with Crippen LogP contribution in [0.25, 0.3) is 0 Å². The van der Waals surface area contributed by atoms with Gasteiger partial charge in [-0.2, -0.15) is 13.2 Å². The number of halogens is 4. The molecule has 0 spiro atoms. The molecule has 1 fully saturated rings. The fraction of sp³-hybridized carbons (Fsp3) is 0.353. The molecule has 128 valence electrons. The molecule has 3 nitrogen and oxygen atoms in total. The monoisotopic (exact) mass is 355 g/mol. The Bertz CT molecular complexity index is 685. The van der Waals surface area contributed by atoms with E-state index in [1.807, 2.05) is 12.1 Å². The lowest BCUT2D eigenvalue weighted by Crippen LogP contribution is -2.45. The van der Waals surface area contributed by atoms with Crippen molar-refractivity contribution in [2.24, 2.45) is 0 Å². The topological polar surface area (TPSA) is 28.2 Å². The average molecular weight is 356 g/mol. The van der Waals surface area contributed by atoms with Gasteiger partial charge < -0.3 is 5.32 Å². The smallest absolute Gasteiger partial charge is 0.314 e. The first-order valence-electron chi connectivity index (χ1n) is 7.68. The van der Waals surface area contributed by atoms with Crippen LogP contribution in [0.3, 0.4) is 0 Å². The van der Waals surface area contributed by atoms with E-state index in [2.05, 4.69) is 15.2 Å². The summed E-state index contributed by atoms with van der Waals surface area (Å²) < 4.78 is 39.4. The zero-order valence-electron chi connectivity index (χ0n) is 12.9. The van der Waals surface area contributed by atoms with Gasteiger partial charge in [0.15, 0.2) is 0 Å². The third kappa shape index (κ3) is 3.71. The van der Waals surface area contributed by atoms with Crippen LogP contribution in [0.15, 0.2) is 42.7 Å². The molecule has 1 unspecified atom stereocenters. The van der Waals surface area contributed by atoms with E-state index in [0.717, 1.165) is 43.9 Å². The molecule has 0 aliphatic carbocycles. The normalized spacial score (nSPS) is 17.7. The standard InChI is InChI=1S/C17H17ClF3N3/c18-15-2-1-13(17(19,20)21)11-14(15)16(12-3-5-22-6-4-12)24-9-7-23-8-10-24/h1-6,11,16,23H,7-10H2. The number of pyridine rings is 1. The van der Waals surface area contributed by atoms with Gasteiger partial charge in [0.05, 0.1) is 11.6 Å². The van der Waals surface area contributed by atoms with Crippen molar-refractivity contribution in [2.75, 3.05) is 26.2 Å². The largest absolute Gasteiger partial charge is 0.416 e. The van der Waals surface area contributed by atoms with Crippen molar-refractivity contribution in [2.45, 2.75) is 12.2 Å². The van der Waals surface area contributed by atoms with E-state index in [9.17, 15) is 13.2 Å². The number of piperazine rings is 1. The van der Waals surface area contributed by atoms with Gasteiger partial charge in [-0.15, -0.1) is 0 Å². The molecule has 1 aliphatic heterocycles. The quantitative estimate of drug-likeness (QED) is 0.909. The number of alkyl halides is 3. The van der Waals surface area contributed by atoms with Crippen LogP contribution in [0.5, 0.6) is 0 Å². The maximum absolute atomic E-state index is 13.1. The van der Waals surface area contributed by atoms with E-state index in [0.29, 0.717) is 10.6 Å². The molecule has 0 radical (unpaired) electrons. The lowest BCUT2D eigenvalue weighted by atomic mass is 9.95. The molecular weight excluding hydrogens is 339 g/mol. The summed E-state index contributed by atoms with van der Waals surface area (Å²) in [5.74, 6) is 0. The minimum Gasteiger partial charge on any atom is -0.314 e. The first-order valence-corrected chi connectivity index (χ1v) is 8.06. The lowest BCUT2D eigenvalue weighted by molar-refractivity contribution is -0.137. The summed E-state index contributed by atoms with van der Waals surface area (Å²) in [6, 6.07) is 6.83. The van der Waals surface area contributed by atoms with Crippen molar-refractivity contribution < 1.29 is 13.2 Å². The number of nitrogens with one attached hydrogen (secondary N) is 1. The molecule has 2 heterocycles. The van der Waals surface area contributed by atoms with E-state index >= 15 is 0 Å². The van der Waals surface area contributed by atoms with Crippen molar-refractivity contribution >= 4 is 11.6 Å². The van der Waals surface area contributed by atoms with Gasteiger partial charge in [-0.3, -0.25) is 9.88 Å². The van der Waals surface area contributed by atoms with Gasteiger partial charge in [-0.05, 0) is 41.5 Å². The SMILES string of the molecule is FC(F)(F)c1ccc(Cl)c(C(c2ccncc2)N2CCNCC2)c1. The lowest BCUT2D eigenvalue weighted by Gasteiger charge is -2.36. The van der Waals surface area contributed by atoms with Crippen LogP contribution >= 0.6 is 11.6 Å². The van der Waals surface area contributed by atoms with Gasteiger partial charge in [0.2, 0.25) is 0 Å². The van der Waals surface area contributed by atoms with Gasteiger partial charge >= 0.3 is 6.18 Å². The maximum atomic E-state index is 13.1. The zero-order chi connectivity index (χ0) is 17.2. The predicted octanol–water partition coefficient (Wildman–Crippen LogP) is 3.75. The minimum absolute atomic E-state index is 0.329. The van der Waals surface area contributed by atoms with Crippen molar-refractivity contribution in [3.05, 3.63) is 64.4 Å². The predicted molar refractivity (Wildman–Crippen MR) is 87.0 cm³/mol. The van der Waals surface area contributed by atoms with Crippen molar-refractivity contribution in [3.8, 4) is 0 Å². The van der Waals surface area contributed by atoms with E-state index in [1.54, 1.807) is 12.4 Å². The molecule has 1 aromatic carbocycles. The second-order valence-corrected chi connectivity index (χ2v) is 6.11. The average Bonchev–Trinajstić information content (AvgIpc) is 2.58. The van der Waals surface area contributed by atoms with Gasteiger partial charge in [-0.1, -0.05) is 11.6 Å². The Kier molecular flexibility index (Phi) is 5.08. The molecule has 24 heavy (non-hydrogen) atoms. The molecular formula is C17H17ClF3N3. The fourth-order valence-corrected chi connectivity index (χ4v) is 3.22. The molecule has 7 heteroatoms. The fourth-order valence-electron chi connectivity index (χ4n) is 3.00. The Balaban J connectivity index is 2.08. The van der Waals surface area contributed by atoms with E-state index in [-0.39, 0.29) is 6.04 Å². The number of benzene rings is 1. The highest BCUT2D eigenvalue weighted by atomic mass is 35.5. The van der Waals surface area contributed by atoms with Crippen LogP contribution in [-0.4, -0.2) is 36.1 Å². The Morgan fingerprint density at radius 1 is 1.08 bits per heavy atom. The molecule has 1 N–H and O–H groups in total. The molecule has 0 saturated carbocycles. The summed E-state index contributed by atoms with van der Waals surface area (Å²) in [6.45, 7) is 3.05. The molecule has 1 atom stereocenters. The van der Waals surface area contributed by atoms with Gasteiger partial charge in [0.25, 0.3) is 0 Å². The number of hydrogen-bond acceptors (Lipinski definition) is 3. The first kappa shape index (κ1) is 17.2. The second kappa shape index (κ2) is 7.09. The molecule has 0 bridgehead atoms. The third-order valence-electron chi connectivity index (χ3n) is 4.16. The molecule has 1 aliphatic rings. The van der Waals surface area contributed by atoms with E-state index < -0.39 is 11.7 Å². The minimum atomic E-state index is -4.40. The van der Waals surface area contributed by atoms with Crippen LogP contribution < -0.4 is 5.32 Å². The summed E-state index contributed by atoms with van der Waals surface area (Å²) >= 11 is 6.28. The van der Waals surface area contributed by atoms with E-state index in [1.165, 1.54) is 6.07 Å². The Hall–Kier alpha value is -1.63. The molecule has 1 saturated heterocycles. The Labute approximate surface area is 143 Å². The summed E-state index contributed by atoms with van der Waals surface area (Å²) in [5.41, 5.74) is 0.670. The zero-order valence-corrected chi connectivity index (χ0v) is 13.6. The second-order valence-electron chi connectivity index (χ2n) is 5.70. The highest BCUT2D eigenvalue weighted by molar-refractivity contribution is 6.31. The summed E-state index contributed by atoms with van der Waals surface area (Å²) in [5, 5.41) is 3.59. The highest BCUT2D eigenvalue weighted by Gasteiger charge is 2.33. The summed E-state index contributed by atoms with van der Waals surface area (Å²) in [6.07, 6.45) is -1.11. The molecule has 1 aromatic heterocycles. The van der Waals surface area contributed by atoms with Crippen LogP contribution in [0.1, 0.15) is 22.7 Å². The maximum Gasteiger partial charge on any atom is 0.416 e. The summed E-state index contributed by atoms with van der Waals surface area (Å²) in [7, 11) is 0. The van der Waals surface area contributed by atoms with E-state index in [4.69, 9.17) is 11.6 Å². The van der Waals surface area contributed by atoms with Crippen molar-refractivity contribution in [1.82, 2.24) is 15.2 Å². The molecule has 0 amide bonds. The van der Waals surface area contributed by atoms with Crippen LogP contribution in [0, 0.1) is 0 Å². The first-order chi connectivity index (χ1) is 11.5.